The molecule has 126 valence electrons. The Bertz CT molecular complexity index is 395. The Morgan fingerprint density at radius 1 is 1.41 bits per heavy atom. The summed E-state index contributed by atoms with van der Waals surface area (Å²) in [7, 11) is 1.51. The molecule has 0 unspecified atom stereocenters. The van der Waals surface area contributed by atoms with Crippen molar-refractivity contribution in [2.24, 2.45) is 11.8 Å². The van der Waals surface area contributed by atoms with Crippen LogP contribution in [-0.2, 0) is 19.1 Å². The Kier molecular flexibility index (Phi) is 5.81. The summed E-state index contributed by atoms with van der Waals surface area (Å²) in [6, 6.07) is 0. The van der Waals surface area contributed by atoms with Crippen LogP contribution in [-0.4, -0.2) is 62.3 Å². The molecule has 0 radical (unpaired) electrons. The maximum atomic E-state index is 12.0. The van der Waals surface area contributed by atoms with E-state index in [0.717, 1.165) is 25.9 Å². The van der Waals surface area contributed by atoms with E-state index in [0.29, 0.717) is 31.4 Å². The molecular weight excluding hydrogens is 284 g/mol. The van der Waals surface area contributed by atoms with E-state index in [1.807, 2.05) is 4.90 Å². The van der Waals surface area contributed by atoms with Crippen LogP contribution in [0.4, 0.5) is 0 Å². The molecule has 2 rings (SSSR count). The zero-order valence-corrected chi connectivity index (χ0v) is 13.9. The van der Waals surface area contributed by atoms with E-state index in [1.165, 1.54) is 7.11 Å². The fourth-order valence-corrected chi connectivity index (χ4v) is 3.07. The van der Waals surface area contributed by atoms with Gasteiger partial charge in [-0.1, -0.05) is 13.8 Å². The van der Waals surface area contributed by atoms with E-state index in [1.54, 1.807) is 0 Å². The molecule has 1 N–H and O–H groups in total. The van der Waals surface area contributed by atoms with Crippen molar-refractivity contribution in [1.29, 1.82) is 0 Å². The van der Waals surface area contributed by atoms with Gasteiger partial charge in [-0.15, -0.1) is 0 Å². The van der Waals surface area contributed by atoms with Crippen LogP contribution >= 0.6 is 0 Å². The highest BCUT2D eigenvalue weighted by molar-refractivity contribution is 5.77. The third-order valence-corrected chi connectivity index (χ3v) is 4.39. The van der Waals surface area contributed by atoms with Gasteiger partial charge in [-0.05, 0) is 24.7 Å². The quantitative estimate of drug-likeness (QED) is 0.788. The average Bonchev–Trinajstić information content (AvgIpc) is 2.42. The van der Waals surface area contributed by atoms with Crippen molar-refractivity contribution >= 4 is 11.8 Å². The zero-order valence-electron chi connectivity index (χ0n) is 13.9. The Morgan fingerprint density at radius 3 is 2.68 bits per heavy atom. The normalized spacial score (nSPS) is 23.5. The van der Waals surface area contributed by atoms with Crippen LogP contribution in [0.25, 0.3) is 0 Å². The van der Waals surface area contributed by atoms with E-state index >= 15 is 0 Å². The molecule has 6 heteroatoms. The Hall–Kier alpha value is -1.14. The molecule has 0 aliphatic carbocycles. The lowest BCUT2D eigenvalue weighted by molar-refractivity contribution is -0.189. The molecule has 6 nitrogen and oxygen atoms in total. The van der Waals surface area contributed by atoms with E-state index < -0.39 is 0 Å². The SMILES string of the molecule is COCC(=O)NC[C@H]1CCC2(CN(C(=O)CC(C)C)C2)OC1. The second-order valence-corrected chi connectivity index (χ2v) is 6.98. The lowest BCUT2D eigenvalue weighted by atomic mass is 9.82. The fraction of sp³-hybridized carbons (Fsp3) is 0.875. The van der Waals surface area contributed by atoms with Crippen molar-refractivity contribution in [2.45, 2.75) is 38.7 Å². The van der Waals surface area contributed by atoms with E-state index in [4.69, 9.17) is 9.47 Å². The monoisotopic (exact) mass is 312 g/mol. The highest BCUT2D eigenvalue weighted by Gasteiger charge is 2.48. The van der Waals surface area contributed by atoms with E-state index in [2.05, 4.69) is 19.2 Å². The molecule has 2 saturated heterocycles. The zero-order chi connectivity index (χ0) is 16.2. The Morgan fingerprint density at radius 2 is 2.14 bits per heavy atom. The molecular formula is C16H28N2O4. The maximum Gasteiger partial charge on any atom is 0.245 e. The number of hydrogen-bond acceptors (Lipinski definition) is 4. The van der Waals surface area contributed by atoms with E-state index in [9.17, 15) is 9.59 Å². The van der Waals surface area contributed by atoms with E-state index in [-0.39, 0.29) is 24.0 Å². The van der Waals surface area contributed by atoms with Crippen molar-refractivity contribution in [3.05, 3.63) is 0 Å². The summed E-state index contributed by atoms with van der Waals surface area (Å²) in [4.78, 5) is 25.2. The van der Waals surface area contributed by atoms with Crippen molar-refractivity contribution in [3.8, 4) is 0 Å². The first-order chi connectivity index (χ1) is 10.4. The Balaban J connectivity index is 1.66. The number of carbonyl (C=O) groups is 2. The van der Waals surface area contributed by atoms with Gasteiger partial charge in [0.05, 0.1) is 19.7 Å². The van der Waals surface area contributed by atoms with Gasteiger partial charge in [-0.3, -0.25) is 9.59 Å². The lowest BCUT2D eigenvalue weighted by Crippen LogP contribution is -2.66. The fourth-order valence-electron chi connectivity index (χ4n) is 3.07. The molecule has 2 aliphatic heterocycles. The van der Waals surface area contributed by atoms with Gasteiger partial charge in [0.1, 0.15) is 12.2 Å². The second-order valence-electron chi connectivity index (χ2n) is 6.98. The molecule has 2 heterocycles. The largest absolute Gasteiger partial charge is 0.375 e. The number of nitrogens with zero attached hydrogens (tertiary/aromatic N) is 1. The smallest absolute Gasteiger partial charge is 0.245 e. The second kappa shape index (κ2) is 7.42. The minimum absolute atomic E-state index is 0.0862. The third-order valence-electron chi connectivity index (χ3n) is 4.39. The topological polar surface area (TPSA) is 67.9 Å². The summed E-state index contributed by atoms with van der Waals surface area (Å²) in [6.45, 7) is 6.96. The molecule has 0 aromatic heterocycles. The summed E-state index contributed by atoms with van der Waals surface area (Å²) < 4.78 is 10.8. The minimum atomic E-state index is -0.125. The van der Waals surface area contributed by atoms with Crippen LogP contribution in [0.5, 0.6) is 0 Å². The van der Waals surface area contributed by atoms with Crippen LogP contribution in [0, 0.1) is 11.8 Å². The van der Waals surface area contributed by atoms with Crippen molar-refractivity contribution < 1.29 is 19.1 Å². The van der Waals surface area contributed by atoms with Crippen molar-refractivity contribution in [2.75, 3.05) is 40.0 Å². The van der Waals surface area contributed by atoms with Crippen LogP contribution in [0.1, 0.15) is 33.1 Å². The van der Waals surface area contributed by atoms with Crippen LogP contribution in [0.15, 0.2) is 0 Å². The highest BCUT2D eigenvalue weighted by atomic mass is 16.5. The average molecular weight is 312 g/mol. The molecule has 0 aromatic carbocycles. The molecule has 2 aliphatic rings. The molecule has 0 bridgehead atoms. The van der Waals surface area contributed by atoms with Gasteiger partial charge in [-0.2, -0.15) is 0 Å². The van der Waals surface area contributed by atoms with Gasteiger partial charge >= 0.3 is 0 Å². The number of amides is 2. The summed E-state index contributed by atoms with van der Waals surface area (Å²) in [5, 5.41) is 2.86. The first-order valence-electron chi connectivity index (χ1n) is 8.11. The van der Waals surface area contributed by atoms with Gasteiger partial charge in [0.25, 0.3) is 0 Å². The molecule has 2 fully saturated rings. The molecule has 1 atom stereocenters. The summed E-state index contributed by atoms with van der Waals surface area (Å²) >= 11 is 0. The van der Waals surface area contributed by atoms with Crippen LogP contribution < -0.4 is 5.32 Å². The molecule has 0 aromatic rings. The number of methoxy groups -OCH3 is 1. The predicted molar refractivity (Wildman–Crippen MR) is 82.3 cm³/mol. The number of hydrogen-bond donors (Lipinski definition) is 1. The molecule has 0 saturated carbocycles. The van der Waals surface area contributed by atoms with Gasteiger partial charge in [0, 0.05) is 20.1 Å². The maximum absolute atomic E-state index is 12.0. The third kappa shape index (κ3) is 4.43. The molecule has 1 spiro atoms. The lowest BCUT2D eigenvalue weighted by Gasteiger charge is -2.53. The number of rotatable bonds is 6. The first-order valence-corrected chi connectivity index (χ1v) is 8.11. The Labute approximate surface area is 132 Å². The van der Waals surface area contributed by atoms with Crippen LogP contribution in [0.3, 0.4) is 0 Å². The number of ether oxygens (including phenoxy) is 2. The number of carbonyl (C=O) groups excluding carboxylic acids is 2. The number of nitrogens with one attached hydrogen (secondary N) is 1. The van der Waals surface area contributed by atoms with Gasteiger partial charge in [-0.25, -0.2) is 0 Å². The molecule has 22 heavy (non-hydrogen) atoms. The first kappa shape index (κ1) is 17.2. The highest BCUT2D eigenvalue weighted by Crippen LogP contribution is 2.36. The predicted octanol–water partition coefficient (Wildman–Crippen LogP) is 0.803. The number of likely N-dealkylation sites (tertiary alicyclic amines) is 1. The van der Waals surface area contributed by atoms with Gasteiger partial charge in [0.15, 0.2) is 0 Å². The summed E-state index contributed by atoms with van der Waals surface area (Å²) in [5.41, 5.74) is -0.125. The molecule has 2 amide bonds. The summed E-state index contributed by atoms with van der Waals surface area (Å²) in [6.07, 6.45) is 2.60. The van der Waals surface area contributed by atoms with Crippen LogP contribution in [0.2, 0.25) is 0 Å². The van der Waals surface area contributed by atoms with Crippen molar-refractivity contribution in [1.82, 2.24) is 10.2 Å². The summed E-state index contributed by atoms with van der Waals surface area (Å²) in [5.74, 6) is 0.901. The van der Waals surface area contributed by atoms with Gasteiger partial charge < -0.3 is 19.7 Å². The van der Waals surface area contributed by atoms with Crippen molar-refractivity contribution in [3.63, 3.8) is 0 Å². The standard InChI is InChI=1S/C16H28N2O4/c1-12(2)6-15(20)18-10-16(11-18)5-4-13(8-22-16)7-17-14(19)9-21-3/h12-13H,4-11H2,1-3H3,(H,17,19)/t13-/m1/s1. The van der Waals surface area contributed by atoms with Gasteiger partial charge in [0.2, 0.25) is 11.8 Å². The minimum Gasteiger partial charge on any atom is -0.375 e.